The maximum absolute atomic E-state index is 11.8. The molecule has 0 fully saturated rings. The fourth-order valence-electron chi connectivity index (χ4n) is 1.50. The van der Waals surface area contributed by atoms with E-state index in [0.29, 0.717) is 5.56 Å². The average molecular weight is 255 g/mol. The predicted octanol–water partition coefficient (Wildman–Crippen LogP) is 1.15. The number of hydrazone groups is 1. The number of hydrogen-bond acceptors (Lipinski definition) is 3. The number of nitrogens with one attached hydrogen (secondary N) is 1. The number of benzene rings is 1. The van der Waals surface area contributed by atoms with Crippen LogP contribution in [-0.4, -0.2) is 16.7 Å². The molecule has 0 radical (unpaired) electrons. The molecule has 0 saturated heterocycles. The number of nitrogens with zero attached hydrogens (tertiary/aromatic N) is 2. The van der Waals surface area contributed by atoms with Gasteiger partial charge in [-0.15, -0.1) is 0 Å². The van der Waals surface area contributed by atoms with E-state index in [-0.39, 0.29) is 11.5 Å². The van der Waals surface area contributed by atoms with Gasteiger partial charge in [-0.05, 0) is 11.6 Å². The minimum absolute atomic E-state index is 0.163. The van der Waals surface area contributed by atoms with Gasteiger partial charge in [-0.25, -0.2) is 5.43 Å². The number of rotatable bonds is 3. The fraction of sp³-hybridized carbons (Fsp3) is 0.0714. The predicted molar refractivity (Wildman–Crippen MR) is 73.2 cm³/mol. The standard InChI is InChI=1S/C14H13N3O2/c1-17-10-12(7-8-13(17)18)14(19)16-15-9-11-5-3-2-4-6-11/h2-10H,1H3,(H,16,19). The van der Waals surface area contributed by atoms with E-state index in [1.165, 1.54) is 22.9 Å². The van der Waals surface area contributed by atoms with Crippen molar-refractivity contribution in [2.45, 2.75) is 0 Å². The lowest BCUT2D eigenvalue weighted by Crippen LogP contribution is -2.22. The van der Waals surface area contributed by atoms with Crippen LogP contribution < -0.4 is 11.0 Å². The smallest absolute Gasteiger partial charge is 0.272 e. The first-order chi connectivity index (χ1) is 9.16. The topological polar surface area (TPSA) is 63.5 Å². The van der Waals surface area contributed by atoms with Gasteiger partial charge in [0.2, 0.25) is 5.56 Å². The molecule has 1 amide bonds. The maximum atomic E-state index is 11.8. The fourth-order valence-corrected chi connectivity index (χ4v) is 1.50. The van der Waals surface area contributed by atoms with Gasteiger partial charge in [0.15, 0.2) is 0 Å². The molecule has 2 aromatic rings. The van der Waals surface area contributed by atoms with E-state index in [0.717, 1.165) is 5.56 Å². The van der Waals surface area contributed by atoms with E-state index >= 15 is 0 Å². The molecule has 96 valence electrons. The molecule has 1 aromatic heterocycles. The van der Waals surface area contributed by atoms with Gasteiger partial charge in [0.1, 0.15) is 0 Å². The number of carbonyl (C=O) groups excluding carboxylic acids is 1. The van der Waals surface area contributed by atoms with Crippen molar-refractivity contribution in [1.82, 2.24) is 9.99 Å². The molecule has 0 aliphatic rings. The Morgan fingerprint density at radius 2 is 1.95 bits per heavy atom. The van der Waals surface area contributed by atoms with Gasteiger partial charge in [-0.3, -0.25) is 9.59 Å². The van der Waals surface area contributed by atoms with E-state index in [9.17, 15) is 9.59 Å². The van der Waals surface area contributed by atoms with Crippen LogP contribution in [-0.2, 0) is 7.05 Å². The van der Waals surface area contributed by atoms with Crippen molar-refractivity contribution in [3.63, 3.8) is 0 Å². The second kappa shape index (κ2) is 5.77. The molecule has 0 aliphatic carbocycles. The lowest BCUT2D eigenvalue weighted by atomic mass is 10.2. The number of aromatic nitrogens is 1. The van der Waals surface area contributed by atoms with Crippen LogP contribution >= 0.6 is 0 Å². The summed E-state index contributed by atoms with van der Waals surface area (Å²) in [5.74, 6) is -0.359. The number of amides is 1. The molecular weight excluding hydrogens is 242 g/mol. The van der Waals surface area contributed by atoms with Crippen LogP contribution in [0.3, 0.4) is 0 Å². The zero-order valence-corrected chi connectivity index (χ0v) is 10.4. The number of aryl methyl sites for hydroxylation is 1. The molecule has 1 N–H and O–H groups in total. The van der Waals surface area contributed by atoms with E-state index < -0.39 is 0 Å². The van der Waals surface area contributed by atoms with Crippen LogP contribution in [0, 0.1) is 0 Å². The van der Waals surface area contributed by atoms with Crippen molar-refractivity contribution in [2.24, 2.45) is 12.1 Å². The highest BCUT2D eigenvalue weighted by Crippen LogP contribution is 1.96. The van der Waals surface area contributed by atoms with Gasteiger partial charge >= 0.3 is 0 Å². The normalized spacial score (nSPS) is 10.6. The maximum Gasteiger partial charge on any atom is 0.272 e. The summed E-state index contributed by atoms with van der Waals surface area (Å²) in [6, 6.07) is 12.2. The summed E-state index contributed by atoms with van der Waals surface area (Å²) in [4.78, 5) is 23.0. The van der Waals surface area contributed by atoms with Crippen molar-refractivity contribution < 1.29 is 4.79 Å². The molecule has 0 aliphatic heterocycles. The van der Waals surface area contributed by atoms with Crippen molar-refractivity contribution in [3.8, 4) is 0 Å². The van der Waals surface area contributed by atoms with Crippen LogP contribution in [0.5, 0.6) is 0 Å². The summed E-state index contributed by atoms with van der Waals surface area (Å²) in [6.45, 7) is 0. The SMILES string of the molecule is Cn1cc(C(=O)NN=Cc2ccccc2)ccc1=O. The third kappa shape index (κ3) is 3.38. The zero-order chi connectivity index (χ0) is 13.7. The van der Waals surface area contributed by atoms with E-state index in [2.05, 4.69) is 10.5 Å². The number of pyridine rings is 1. The minimum Gasteiger partial charge on any atom is -0.318 e. The minimum atomic E-state index is -0.359. The van der Waals surface area contributed by atoms with Gasteiger partial charge in [0.05, 0.1) is 11.8 Å². The van der Waals surface area contributed by atoms with Gasteiger partial charge < -0.3 is 4.57 Å². The van der Waals surface area contributed by atoms with Crippen LogP contribution in [0.4, 0.5) is 0 Å². The summed E-state index contributed by atoms with van der Waals surface area (Å²) in [6.07, 6.45) is 3.02. The van der Waals surface area contributed by atoms with E-state index in [1.54, 1.807) is 13.3 Å². The Bertz CT molecular complexity index is 660. The van der Waals surface area contributed by atoms with Gasteiger partial charge in [0.25, 0.3) is 5.91 Å². The first-order valence-electron chi connectivity index (χ1n) is 5.72. The summed E-state index contributed by atoms with van der Waals surface area (Å²) in [5, 5.41) is 3.86. The average Bonchev–Trinajstić information content (AvgIpc) is 2.43. The van der Waals surface area contributed by atoms with Crippen molar-refractivity contribution in [1.29, 1.82) is 0 Å². The molecule has 5 nitrogen and oxygen atoms in total. The van der Waals surface area contributed by atoms with E-state index in [4.69, 9.17) is 0 Å². The first kappa shape index (κ1) is 12.8. The Morgan fingerprint density at radius 1 is 1.21 bits per heavy atom. The third-order valence-corrected chi connectivity index (χ3v) is 2.53. The highest BCUT2D eigenvalue weighted by atomic mass is 16.2. The molecular formula is C14H13N3O2. The summed E-state index contributed by atoms with van der Waals surface area (Å²) in [7, 11) is 1.59. The van der Waals surface area contributed by atoms with Crippen LogP contribution in [0.2, 0.25) is 0 Å². The number of hydrogen-bond donors (Lipinski definition) is 1. The molecule has 0 spiro atoms. The Morgan fingerprint density at radius 3 is 2.63 bits per heavy atom. The van der Waals surface area contributed by atoms with Gasteiger partial charge in [-0.2, -0.15) is 5.10 Å². The highest BCUT2D eigenvalue weighted by molar-refractivity contribution is 5.94. The lowest BCUT2D eigenvalue weighted by Gasteiger charge is -2.01. The van der Waals surface area contributed by atoms with Crippen molar-refractivity contribution in [3.05, 3.63) is 70.1 Å². The quantitative estimate of drug-likeness (QED) is 0.660. The van der Waals surface area contributed by atoms with Crippen molar-refractivity contribution in [2.75, 3.05) is 0 Å². The molecule has 19 heavy (non-hydrogen) atoms. The van der Waals surface area contributed by atoms with Gasteiger partial charge in [-0.1, -0.05) is 30.3 Å². The largest absolute Gasteiger partial charge is 0.318 e. The first-order valence-corrected chi connectivity index (χ1v) is 5.72. The van der Waals surface area contributed by atoms with E-state index in [1.807, 2.05) is 30.3 Å². The van der Waals surface area contributed by atoms with Crippen LogP contribution in [0.15, 0.2) is 58.6 Å². The molecule has 1 aromatic carbocycles. The molecule has 2 rings (SSSR count). The Balaban J connectivity index is 2.03. The third-order valence-electron chi connectivity index (χ3n) is 2.53. The number of carbonyl (C=O) groups is 1. The zero-order valence-electron chi connectivity index (χ0n) is 10.4. The monoisotopic (exact) mass is 255 g/mol. The molecule has 0 bridgehead atoms. The van der Waals surface area contributed by atoms with Crippen LogP contribution in [0.25, 0.3) is 0 Å². The molecule has 5 heteroatoms. The van der Waals surface area contributed by atoms with Crippen molar-refractivity contribution >= 4 is 12.1 Å². The van der Waals surface area contributed by atoms with Crippen LogP contribution in [0.1, 0.15) is 15.9 Å². The lowest BCUT2D eigenvalue weighted by molar-refractivity contribution is 0.0954. The molecule has 0 saturated carbocycles. The second-order valence-corrected chi connectivity index (χ2v) is 3.98. The summed E-state index contributed by atoms with van der Waals surface area (Å²) < 4.78 is 1.34. The second-order valence-electron chi connectivity index (χ2n) is 3.98. The summed E-state index contributed by atoms with van der Waals surface area (Å²) >= 11 is 0. The highest BCUT2D eigenvalue weighted by Gasteiger charge is 2.04. The summed E-state index contributed by atoms with van der Waals surface area (Å²) in [5.41, 5.74) is 3.52. The van der Waals surface area contributed by atoms with Gasteiger partial charge in [0, 0.05) is 19.3 Å². The molecule has 1 heterocycles. The Labute approximate surface area is 110 Å². The molecule has 0 unspecified atom stereocenters. The Hall–Kier alpha value is -2.69. The molecule has 0 atom stereocenters. The Kier molecular flexibility index (Phi) is 3.87.